The van der Waals surface area contributed by atoms with E-state index in [1.165, 1.54) is 4.90 Å². The lowest BCUT2D eigenvalue weighted by Gasteiger charge is -2.23. The number of rotatable bonds is 1. The van der Waals surface area contributed by atoms with Gasteiger partial charge in [0.1, 0.15) is 5.71 Å². The number of nitrogens with one attached hydrogen (secondary N) is 1. The molecule has 0 amide bonds. The summed E-state index contributed by atoms with van der Waals surface area (Å²) in [5.41, 5.74) is 4.70. The van der Waals surface area contributed by atoms with Crippen LogP contribution in [-0.4, -0.2) is 40.3 Å². The van der Waals surface area contributed by atoms with Crippen LogP contribution in [0.5, 0.6) is 0 Å². The zero-order valence-electron chi connectivity index (χ0n) is 8.39. The van der Waals surface area contributed by atoms with E-state index in [2.05, 4.69) is 15.0 Å². The third-order valence-electron chi connectivity index (χ3n) is 2.14. The predicted octanol–water partition coefficient (Wildman–Crippen LogP) is -1.04. The Kier molecular flexibility index (Phi) is 2.11. The van der Waals surface area contributed by atoms with Crippen molar-refractivity contribution in [3.63, 3.8) is 0 Å². The summed E-state index contributed by atoms with van der Waals surface area (Å²) in [6, 6.07) is 0. The molecule has 16 heavy (non-hydrogen) atoms. The van der Waals surface area contributed by atoms with Crippen molar-refractivity contribution in [2.45, 2.75) is 0 Å². The number of anilines is 2. The van der Waals surface area contributed by atoms with E-state index in [9.17, 15) is 9.59 Å². The number of nitrogen functional groups attached to an aromatic ring is 1. The molecule has 0 spiro atoms. The number of nitrogens with two attached hydrogens (primary N) is 1. The molecule has 8 nitrogen and oxygen atoms in total. The van der Waals surface area contributed by atoms with Crippen molar-refractivity contribution in [1.82, 2.24) is 9.97 Å². The molecular formula is C8H9N5O3. The molecule has 0 unspecified atom stereocenters. The minimum atomic E-state index is -1.16. The number of H-pyrrole nitrogens is 1. The van der Waals surface area contributed by atoms with Crippen LogP contribution in [0.3, 0.4) is 0 Å². The van der Waals surface area contributed by atoms with Gasteiger partial charge in [-0.15, -0.1) is 0 Å². The summed E-state index contributed by atoms with van der Waals surface area (Å²) in [6.45, 7) is 0.0816. The van der Waals surface area contributed by atoms with Crippen LogP contribution in [-0.2, 0) is 4.79 Å². The maximum Gasteiger partial charge on any atom is 0.352 e. The van der Waals surface area contributed by atoms with Gasteiger partial charge in [0.05, 0.1) is 6.54 Å². The highest BCUT2D eigenvalue weighted by Gasteiger charge is 2.24. The highest BCUT2D eigenvalue weighted by molar-refractivity contribution is 6.38. The summed E-state index contributed by atoms with van der Waals surface area (Å²) < 4.78 is 0. The quantitative estimate of drug-likeness (QED) is 0.558. The SMILES string of the molecule is CN1CC(C(=O)O)=Nc2c1nc(N)[nH]c2=O. The zero-order chi connectivity index (χ0) is 11.9. The first-order valence-electron chi connectivity index (χ1n) is 4.41. The number of carboxylic acid groups (broad SMARTS) is 1. The molecular weight excluding hydrogens is 214 g/mol. The second-order valence-corrected chi connectivity index (χ2v) is 3.34. The summed E-state index contributed by atoms with van der Waals surface area (Å²) in [6.07, 6.45) is 0. The number of fused-ring (bicyclic) bond motifs is 1. The summed E-state index contributed by atoms with van der Waals surface area (Å²) in [4.78, 5) is 33.7. The minimum Gasteiger partial charge on any atom is -0.477 e. The lowest BCUT2D eigenvalue weighted by molar-refractivity contribution is -0.129. The molecule has 4 N–H and O–H groups in total. The number of carboxylic acids is 1. The molecule has 0 aliphatic carbocycles. The van der Waals surface area contributed by atoms with Crippen molar-refractivity contribution in [2.75, 3.05) is 24.2 Å². The molecule has 0 atom stereocenters. The van der Waals surface area contributed by atoms with Gasteiger partial charge in [-0.25, -0.2) is 9.79 Å². The lowest BCUT2D eigenvalue weighted by Crippen LogP contribution is -2.35. The van der Waals surface area contributed by atoms with Crippen molar-refractivity contribution < 1.29 is 9.90 Å². The van der Waals surface area contributed by atoms with Crippen LogP contribution in [0, 0.1) is 0 Å². The summed E-state index contributed by atoms with van der Waals surface area (Å²) >= 11 is 0. The molecule has 1 aliphatic heterocycles. The summed E-state index contributed by atoms with van der Waals surface area (Å²) in [5, 5.41) is 8.81. The molecule has 2 heterocycles. The Hall–Kier alpha value is -2.38. The number of nitrogens with zero attached hydrogens (tertiary/aromatic N) is 3. The number of hydrogen-bond donors (Lipinski definition) is 3. The van der Waals surface area contributed by atoms with Gasteiger partial charge < -0.3 is 15.7 Å². The number of aliphatic imine (C=N–C) groups is 1. The first-order valence-corrected chi connectivity index (χ1v) is 4.41. The smallest absolute Gasteiger partial charge is 0.352 e. The number of hydrogen-bond acceptors (Lipinski definition) is 6. The van der Waals surface area contributed by atoms with Crippen molar-refractivity contribution in [3.8, 4) is 0 Å². The first kappa shape index (κ1) is 10.1. The maximum atomic E-state index is 11.5. The van der Waals surface area contributed by atoms with Crippen LogP contribution in [0.15, 0.2) is 9.79 Å². The van der Waals surface area contributed by atoms with Crippen LogP contribution in [0.2, 0.25) is 0 Å². The average Bonchev–Trinajstić information content (AvgIpc) is 2.19. The van der Waals surface area contributed by atoms with Crippen LogP contribution in [0.1, 0.15) is 0 Å². The van der Waals surface area contributed by atoms with E-state index in [1.54, 1.807) is 7.05 Å². The lowest BCUT2D eigenvalue weighted by atomic mass is 10.2. The molecule has 0 saturated carbocycles. The summed E-state index contributed by atoms with van der Waals surface area (Å²) in [5.74, 6) is -0.899. The van der Waals surface area contributed by atoms with Crippen molar-refractivity contribution in [2.24, 2.45) is 4.99 Å². The van der Waals surface area contributed by atoms with E-state index in [4.69, 9.17) is 10.8 Å². The monoisotopic (exact) mass is 223 g/mol. The van der Waals surface area contributed by atoms with Gasteiger partial charge in [-0.3, -0.25) is 9.78 Å². The van der Waals surface area contributed by atoms with Gasteiger partial charge >= 0.3 is 5.97 Å². The molecule has 2 rings (SSSR count). The Bertz CT molecular complexity index is 547. The molecule has 0 saturated heterocycles. The van der Waals surface area contributed by atoms with Gasteiger partial charge in [-0.2, -0.15) is 4.98 Å². The van der Waals surface area contributed by atoms with E-state index in [0.29, 0.717) is 0 Å². The fourth-order valence-electron chi connectivity index (χ4n) is 1.42. The fourth-order valence-corrected chi connectivity index (χ4v) is 1.42. The molecule has 1 aromatic rings. The van der Waals surface area contributed by atoms with Gasteiger partial charge in [0.2, 0.25) is 5.95 Å². The Morgan fingerprint density at radius 3 is 2.94 bits per heavy atom. The normalized spacial score (nSPS) is 14.3. The van der Waals surface area contributed by atoms with E-state index < -0.39 is 11.5 Å². The zero-order valence-corrected chi connectivity index (χ0v) is 8.39. The van der Waals surface area contributed by atoms with Crippen LogP contribution in [0.4, 0.5) is 17.5 Å². The first-order chi connectivity index (χ1) is 7.49. The second kappa shape index (κ2) is 3.33. The van der Waals surface area contributed by atoms with Gasteiger partial charge in [-0.1, -0.05) is 0 Å². The third kappa shape index (κ3) is 1.49. The van der Waals surface area contributed by atoms with Crippen LogP contribution in [0.25, 0.3) is 0 Å². The third-order valence-corrected chi connectivity index (χ3v) is 2.14. The molecule has 0 aromatic carbocycles. The molecule has 0 fully saturated rings. The van der Waals surface area contributed by atoms with Crippen molar-refractivity contribution >= 4 is 29.1 Å². The fraction of sp³-hybridized carbons (Fsp3) is 0.250. The van der Waals surface area contributed by atoms with Gasteiger partial charge in [-0.05, 0) is 0 Å². The predicted molar refractivity (Wildman–Crippen MR) is 57.3 cm³/mol. The number of aromatic amines is 1. The average molecular weight is 223 g/mol. The number of aliphatic carboxylic acids is 1. The van der Waals surface area contributed by atoms with E-state index in [-0.39, 0.29) is 29.7 Å². The van der Waals surface area contributed by atoms with Crippen LogP contribution >= 0.6 is 0 Å². The Labute approximate surface area is 89.4 Å². The molecule has 1 aliphatic rings. The molecule has 8 heteroatoms. The Morgan fingerprint density at radius 2 is 2.31 bits per heavy atom. The van der Waals surface area contributed by atoms with E-state index >= 15 is 0 Å². The molecule has 1 aromatic heterocycles. The molecule has 84 valence electrons. The van der Waals surface area contributed by atoms with Gasteiger partial charge in [0, 0.05) is 7.05 Å². The van der Waals surface area contributed by atoms with E-state index in [0.717, 1.165) is 0 Å². The van der Waals surface area contributed by atoms with Crippen molar-refractivity contribution in [3.05, 3.63) is 10.4 Å². The topological polar surface area (TPSA) is 125 Å². The summed E-state index contributed by atoms with van der Waals surface area (Å²) in [7, 11) is 1.61. The van der Waals surface area contributed by atoms with Gasteiger partial charge in [0.25, 0.3) is 5.56 Å². The Morgan fingerprint density at radius 1 is 1.62 bits per heavy atom. The number of carbonyl (C=O) groups is 1. The van der Waals surface area contributed by atoms with E-state index in [1.807, 2.05) is 0 Å². The Balaban J connectivity index is 2.67. The minimum absolute atomic E-state index is 0.0235. The standard InChI is InChI=1S/C8H9N5O3/c1-13-2-3(7(15)16)10-4-5(13)11-8(9)12-6(4)14/h2H2,1H3,(H,15,16)(H3,9,11,12,14). The highest BCUT2D eigenvalue weighted by atomic mass is 16.4. The van der Waals surface area contributed by atoms with Gasteiger partial charge in [0.15, 0.2) is 11.5 Å². The molecule has 0 radical (unpaired) electrons. The largest absolute Gasteiger partial charge is 0.477 e. The molecule has 0 bridgehead atoms. The highest BCUT2D eigenvalue weighted by Crippen LogP contribution is 2.25. The van der Waals surface area contributed by atoms with Crippen molar-refractivity contribution in [1.29, 1.82) is 0 Å². The number of aromatic nitrogens is 2. The van der Waals surface area contributed by atoms with Crippen LogP contribution < -0.4 is 16.2 Å². The maximum absolute atomic E-state index is 11.5. The second-order valence-electron chi connectivity index (χ2n) is 3.34.